The number of likely N-dealkylation sites (tertiary alicyclic amines) is 1. The first-order chi connectivity index (χ1) is 13.4. The van der Waals surface area contributed by atoms with Gasteiger partial charge >= 0.3 is 18.4 Å². The van der Waals surface area contributed by atoms with Crippen molar-refractivity contribution in [2.45, 2.75) is 64.5 Å². The van der Waals surface area contributed by atoms with E-state index in [-0.39, 0.29) is 18.7 Å². The van der Waals surface area contributed by atoms with Gasteiger partial charge in [-0.05, 0) is 53.2 Å². The molecule has 0 unspecified atom stereocenters. The third-order valence-electron chi connectivity index (χ3n) is 4.13. The number of carbonyl (C=O) groups excluding carboxylic acids is 2. The number of ether oxygens (including phenoxy) is 2. The van der Waals surface area contributed by atoms with Gasteiger partial charge in [-0.15, -0.1) is 0 Å². The van der Waals surface area contributed by atoms with Crippen LogP contribution in [0.15, 0.2) is 18.2 Å². The first-order valence-electron chi connectivity index (χ1n) is 9.29. The number of alkyl halides is 3. The summed E-state index contributed by atoms with van der Waals surface area (Å²) < 4.78 is 51.8. The Kier molecular flexibility index (Phi) is 6.29. The molecule has 30 heavy (non-hydrogen) atoms. The predicted octanol–water partition coefficient (Wildman–Crippen LogP) is 5.33. The lowest BCUT2D eigenvalue weighted by Crippen LogP contribution is -2.70. The van der Waals surface area contributed by atoms with Gasteiger partial charge in [-0.3, -0.25) is 0 Å². The van der Waals surface area contributed by atoms with E-state index in [0.717, 1.165) is 6.07 Å². The number of nitrogens with one attached hydrogen (secondary N) is 1. The summed E-state index contributed by atoms with van der Waals surface area (Å²) in [4.78, 5) is 26.0. The Labute approximate surface area is 178 Å². The quantitative estimate of drug-likeness (QED) is 0.661. The van der Waals surface area contributed by atoms with Crippen molar-refractivity contribution in [3.8, 4) is 0 Å². The Morgan fingerprint density at radius 1 is 1.03 bits per heavy atom. The van der Waals surface area contributed by atoms with E-state index < -0.39 is 45.7 Å². The zero-order valence-electron chi connectivity index (χ0n) is 17.7. The summed E-state index contributed by atoms with van der Waals surface area (Å²) in [7, 11) is 0. The number of halogens is 4. The largest absolute Gasteiger partial charge is 0.444 e. The smallest absolute Gasteiger partial charge is 0.418 e. The lowest BCUT2D eigenvalue weighted by atomic mass is 9.79. The molecule has 1 aromatic rings. The van der Waals surface area contributed by atoms with Crippen LogP contribution in [0, 0.1) is 0 Å². The SMILES string of the molecule is CC(C)(C)OC(=O)NC1(c2cccc(Cl)c2C(F)(F)F)CN(C(=O)OC(C)(C)C)C1. The maximum Gasteiger partial charge on any atom is 0.418 e. The number of alkyl carbamates (subject to hydrolysis) is 1. The standard InChI is InChI=1S/C20H26ClF3N2O4/c1-17(2,3)29-15(27)25-19(10-26(11-19)16(28)30-18(4,5)6)12-8-7-9-13(21)14(12)20(22,23)24/h7-9H,10-11H2,1-6H3,(H,25,27). The van der Waals surface area contributed by atoms with Crippen molar-refractivity contribution >= 4 is 23.8 Å². The Bertz CT molecular complexity index is 823. The fraction of sp³-hybridized carbons (Fsp3) is 0.600. The number of nitrogens with zero attached hydrogens (tertiary/aromatic N) is 1. The lowest BCUT2D eigenvalue weighted by molar-refractivity contribution is -0.139. The molecule has 1 fully saturated rings. The maximum atomic E-state index is 13.8. The predicted molar refractivity (Wildman–Crippen MR) is 105 cm³/mol. The number of benzene rings is 1. The second-order valence-corrected chi connectivity index (χ2v) is 9.61. The Balaban J connectivity index is 2.42. The molecule has 10 heteroatoms. The van der Waals surface area contributed by atoms with Crippen molar-refractivity contribution in [2.24, 2.45) is 0 Å². The molecule has 2 amide bonds. The maximum absolute atomic E-state index is 13.8. The van der Waals surface area contributed by atoms with Gasteiger partial charge in [0.25, 0.3) is 0 Å². The zero-order chi connectivity index (χ0) is 23.1. The highest BCUT2D eigenvalue weighted by molar-refractivity contribution is 6.31. The van der Waals surface area contributed by atoms with Gasteiger partial charge in [-0.25, -0.2) is 9.59 Å². The second kappa shape index (κ2) is 7.83. The highest BCUT2D eigenvalue weighted by Crippen LogP contribution is 2.44. The van der Waals surface area contributed by atoms with Crippen LogP contribution < -0.4 is 5.32 Å². The topological polar surface area (TPSA) is 67.9 Å². The number of hydrogen-bond donors (Lipinski definition) is 1. The minimum atomic E-state index is -4.76. The molecule has 1 heterocycles. The van der Waals surface area contributed by atoms with Crippen LogP contribution in [0.2, 0.25) is 5.02 Å². The number of hydrogen-bond acceptors (Lipinski definition) is 4. The first-order valence-corrected chi connectivity index (χ1v) is 9.67. The summed E-state index contributed by atoms with van der Waals surface area (Å²) in [6, 6.07) is 3.72. The normalized spacial score (nSPS) is 16.5. The van der Waals surface area contributed by atoms with E-state index in [1.165, 1.54) is 17.0 Å². The molecule has 0 spiro atoms. The van der Waals surface area contributed by atoms with E-state index in [1.54, 1.807) is 41.5 Å². The van der Waals surface area contributed by atoms with Crippen molar-refractivity contribution < 1.29 is 32.2 Å². The third kappa shape index (κ3) is 5.71. The lowest BCUT2D eigenvalue weighted by Gasteiger charge is -2.51. The molecule has 1 aromatic carbocycles. The van der Waals surface area contributed by atoms with Gasteiger partial charge in [0.1, 0.15) is 16.7 Å². The molecule has 6 nitrogen and oxygen atoms in total. The van der Waals surface area contributed by atoms with Crippen LogP contribution in [0.5, 0.6) is 0 Å². The van der Waals surface area contributed by atoms with Crippen LogP contribution in [0.1, 0.15) is 52.7 Å². The molecule has 2 rings (SSSR count). The van der Waals surface area contributed by atoms with Crippen LogP contribution in [0.4, 0.5) is 22.8 Å². The minimum Gasteiger partial charge on any atom is -0.444 e. The fourth-order valence-corrected chi connectivity index (χ4v) is 3.37. The Hall–Kier alpha value is -2.16. The van der Waals surface area contributed by atoms with Gasteiger partial charge in [-0.1, -0.05) is 23.7 Å². The van der Waals surface area contributed by atoms with E-state index in [1.807, 2.05) is 0 Å². The van der Waals surface area contributed by atoms with Gasteiger partial charge < -0.3 is 19.7 Å². The van der Waals surface area contributed by atoms with E-state index in [2.05, 4.69) is 5.32 Å². The van der Waals surface area contributed by atoms with E-state index in [4.69, 9.17) is 21.1 Å². The van der Waals surface area contributed by atoms with Crippen LogP contribution in [0.3, 0.4) is 0 Å². The number of carbonyl (C=O) groups is 2. The molecule has 1 saturated heterocycles. The molecule has 0 bridgehead atoms. The summed E-state index contributed by atoms with van der Waals surface area (Å²) in [6.45, 7) is 9.46. The van der Waals surface area contributed by atoms with E-state index >= 15 is 0 Å². The monoisotopic (exact) mass is 450 g/mol. The van der Waals surface area contributed by atoms with Gasteiger partial charge in [0.05, 0.1) is 23.7 Å². The highest BCUT2D eigenvalue weighted by atomic mass is 35.5. The molecular formula is C20H26ClF3N2O4. The minimum absolute atomic E-state index is 0.232. The van der Waals surface area contributed by atoms with Gasteiger partial charge in [0.2, 0.25) is 0 Å². The first kappa shape index (κ1) is 24.1. The zero-order valence-corrected chi connectivity index (χ0v) is 18.5. The number of amides is 2. The van der Waals surface area contributed by atoms with Crippen molar-refractivity contribution in [1.82, 2.24) is 10.2 Å². The molecule has 1 N–H and O–H groups in total. The average Bonchev–Trinajstić information content (AvgIpc) is 2.45. The summed E-state index contributed by atoms with van der Waals surface area (Å²) in [6.07, 6.45) is -6.36. The molecule has 1 aliphatic rings. The summed E-state index contributed by atoms with van der Waals surface area (Å²) in [5, 5.41) is 2.02. The molecule has 0 radical (unpaired) electrons. The molecule has 168 valence electrons. The van der Waals surface area contributed by atoms with Gasteiger partial charge in [0, 0.05) is 0 Å². The molecule has 0 aliphatic carbocycles. The molecular weight excluding hydrogens is 425 g/mol. The molecule has 1 aliphatic heterocycles. The fourth-order valence-electron chi connectivity index (χ4n) is 3.09. The molecule has 0 saturated carbocycles. The van der Waals surface area contributed by atoms with E-state index in [0.29, 0.717) is 0 Å². The summed E-state index contributed by atoms with van der Waals surface area (Å²) >= 11 is 5.86. The van der Waals surface area contributed by atoms with Gasteiger partial charge in [0.15, 0.2) is 0 Å². The van der Waals surface area contributed by atoms with Gasteiger partial charge in [-0.2, -0.15) is 13.2 Å². The molecule has 0 atom stereocenters. The highest BCUT2D eigenvalue weighted by Gasteiger charge is 2.53. The third-order valence-corrected chi connectivity index (χ3v) is 4.44. The van der Waals surface area contributed by atoms with Crippen molar-refractivity contribution in [3.05, 3.63) is 34.3 Å². The number of rotatable bonds is 2. The van der Waals surface area contributed by atoms with Crippen molar-refractivity contribution in [3.63, 3.8) is 0 Å². The summed E-state index contributed by atoms with van der Waals surface area (Å²) in [5.41, 5.74) is -4.48. The molecule has 0 aromatic heterocycles. The van der Waals surface area contributed by atoms with Crippen molar-refractivity contribution in [2.75, 3.05) is 13.1 Å². The van der Waals surface area contributed by atoms with Crippen LogP contribution in [-0.4, -0.2) is 41.4 Å². The van der Waals surface area contributed by atoms with E-state index in [9.17, 15) is 22.8 Å². The Morgan fingerprint density at radius 2 is 1.57 bits per heavy atom. The van der Waals surface area contributed by atoms with Crippen LogP contribution in [-0.2, 0) is 21.2 Å². The Morgan fingerprint density at radius 3 is 2.03 bits per heavy atom. The summed E-state index contributed by atoms with van der Waals surface area (Å²) in [5.74, 6) is 0. The van der Waals surface area contributed by atoms with Crippen LogP contribution in [0.25, 0.3) is 0 Å². The van der Waals surface area contributed by atoms with Crippen molar-refractivity contribution in [1.29, 1.82) is 0 Å². The second-order valence-electron chi connectivity index (χ2n) is 9.21. The van der Waals surface area contributed by atoms with Crippen LogP contribution >= 0.6 is 11.6 Å². The average molecular weight is 451 g/mol.